The van der Waals surface area contributed by atoms with Gasteiger partial charge in [0, 0.05) is 42.6 Å². The molecule has 0 atom stereocenters. The van der Waals surface area contributed by atoms with E-state index in [1.807, 2.05) is 52.0 Å². The largest absolute Gasteiger partial charge is 0.372 e. The molecular formula is C33H36N5O10S2+. The monoisotopic (exact) mass is 726 g/mol. The smallest absolute Gasteiger partial charge is 0.299 e. The van der Waals surface area contributed by atoms with E-state index in [4.69, 9.17) is 0 Å². The Bertz CT molecular complexity index is 2160. The summed E-state index contributed by atoms with van der Waals surface area (Å²) in [6.45, 7) is 10.8. The minimum absolute atomic E-state index is 0.210. The predicted octanol–water partition coefficient (Wildman–Crippen LogP) is 6.01. The molecule has 15 nitrogen and oxygen atoms in total. The number of non-ortho nitro benzene ring substituents is 1. The number of nitro benzene ring substituents is 2. The lowest BCUT2D eigenvalue weighted by molar-refractivity contribution is -0.519. The molecule has 0 saturated heterocycles. The molecule has 0 aliphatic heterocycles. The first kappa shape index (κ1) is 37.6. The van der Waals surface area contributed by atoms with E-state index in [0.717, 1.165) is 29.6 Å². The summed E-state index contributed by atoms with van der Waals surface area (Å²) < 4.78 is 73.8. The van der Waals surface area contributed by atoms with Crippen LogP contribution in [0.1, 0.15) is 38.8 Å². The topological polar surface area (TPSA) is 213 Å². The molecule has 17 heteroatoms. The number of nitrogens with one attached hydrogen (secondary N) is 1. The van der Waals surface area contributed by atoms with Crippen molar-refractivity contribution in [2.75, 3.05) is 36.4 Å². The van der Waals surface area contributed by atoms with Crippen LogP contribution in [0.3, 0.4) is 0 Å². The highest BCUT2D eigenvalue weighted by atomic mass is 32.2. The Morgan fingerprint density at radius 2 is 1.32 bits per heavy atom. The molecule has 0 unspecified atom stereocenters. The van der Waals surface area contributed by atoms with E-state index in [9.17, 15) is 46.2 Å². The average molecular weight is 727 g/mol. The van der Waals surface area contributed by atoms with Crippen molar-refractivity contribution < 1.29 is 40.4 Å². The second-order valence-electron chi connectivity index (χ2n) is 10.9. The normalized spacial score (nSPS) is 12.9. The van der Waals surface area contributed by atoms with Crippen LogP contribution in [0, 0.1) is 20.2 Å². The van der Waals surface area contributed by atoms with Crippen LogP contribution < -0.4 is 10.2 Å². The molecule has 0 radical (unpaired) electrons. The first-order chi connectivity index (χ1) is 23.5. The van der Waals surface area contributed by atoms with Crippen LogP contribution in [0.25, 0.3) is 5.57 Å². The Morgan fingerprint density at radius 1 is 0.740 bits per heavy atom. The van der Waals surface area contributed by atoms with Crippen molar-refractivity contribution in [3.05, 3.63) is 116 Å². The highest BCUT2D eigenvalue weighted by Gasteiger charge is 2.29. The fourth-order valence-electron chi connectivity index (χ4n) is 5.65. The quantitative estimate of drug-likeness (QED) is 0.0800. The predicted molar refractivity (Wildman–Crippen MR) is 190 cm³/mol. The first-order valence-electron chi connectivity index (χ1n) is 15.4. The highest BCUT2D eigenvalue weighted by molar-refractivity contribution is 7.86. The zero-order valence-corrected chi connectivity index (χ0v) is 29.2. The summed E-state index contributed by atoms with van der Waals surface area (Å²) in [5.41, 5.74) is 0.381. The lowest BCUT2D eigenvalue weighted by atomic mass is 9.90. The van der Waals surface area contributed by atoms with Crippen LogP contribution >= 0.6 is 0 Å². The molecule has 0 bridgehead atoms. The molecule has 1 aliphatic rings. The van der Waals surface area contributed by atoms with Gasteiger partial charge in [-0.05, 0) is 86.9 Å². The summed E-state index contributed by atoms with van der Waals surface area (Å²) in [5.74, 6) is 0. The van der Waals surface area contributed by atoms with Crippen LogP contribution in [-0.2, 0) is 20.2 Å². The number of allylic oxidation sites excluding steroid dienone is 5. The summed E-state index contributed by atoms with van der Waals surface area (Å²) in [6.07, 6.45) is 7.12. The number of rotatable bonds is 13. The minimum atomic E-state index is -5.24. The maximum absolute atomic E-state index is 12.9. The summed E-state index contributed by atoms with van der Waals surface area (Å²) in [4.78, 5) is 21.6. The number of anilines is 3. The number of benzene rings is 3. The van der Waals surface area contributed by atoms with Crippen LogP contribution in [0.4, 0.5) is 28.4 Å². The molecule has 4 rings (SSSR count). The summed E-state index contributed by atoms with van der Waals surface area (Å²) in [5, 5.41) is 25.7. The molecule has 1 aliphatic carbocycles. The van der Waals surface area contributed by atoms with Gasteiger partial charge in [-0.25, -0.2) is 4.58 Å². The Kier molecular flexibility index (Phi) is 11.4. The van der Waals surface area contributed by atoms with E-state index in [-0.39, 0.29) is 11.1 Å². The number of nitro groups is 2. The molecular weight excluding hydrogens is 691 g/mol. The first-order valence-corrected chi connectivity index (χ1v) is 18.3. The van der Waals surface area contributed by atoms with Gasteiger partial charge in [-0.3, -0.25) is 29.3 Å². The molecule has 0 spiro atoms. The molecule has 3 aromatic rings. The van der Waals surface area contributed by atoms with Crippen molar-refractivity contribution in [1.29, 1.82) is 0 Å². The van der Waals surface area contributed by atoms with Crippen LogP contribution in [0.2, 0.25) is 0 Å². The van der Waals surface area contributed by atoms with Gasteiger partial charge in [0.1, 0.15) is 28.6 Å². The van der Waals surface area contributed by atoms with Crippen LogP contribution in [0.5, 0.6) is 0 Å². The van der Waals surface area contributed by atoms with Crippen LogP contribution in [-0.4, -0.2) is 72.3 Å². The number of hydrogen-bond acceptors (Lipinski definition) is 10. The van der Waals surface area contributed by atoms with Gasteiger partial charge in [0.15, 0.2) is 5.71 Å². The SMILES string of the molecule is CCN(CC)c1ccc(C(=C2C=CC(=[N+](CC)CC)C=C2)c2cc(Nc3ccc([N+](=O)[O-])cc3[N+](=O)[O-])c(S(=O)(=O)O)cc2S(=O)(=O)O)cc1. The Hall–Kier alpha value is -5.23. The molecule has 0 aromatic heterocycles. The number of nitrogens with zero attached hydrogens (tertiary/aromatic N) is 4. The molecule has 0 heterocycles. The summed E-state index contributed by atoms with van der Waals surface area (Å²) in [7, 11) is -10.4. The molecule has 0 amide bonds. The average Bonchev–Trinajstić information content (AvgIpc) is 3.06. The molecule has 0 fully saturated rings. The van der Waals surface area contributed by atoms with E-state index in [2.05, 4.69) is 14.8 Å². The fraction of sp³-hybridized carbons (Fsp3) is 0.242. The van der Waals surface area contributed by atoms with Crippen molar-refractivity contribution in [2.24, 2.45) is 0 Å². The van der Waals surface area contributed by atoms with Crippen molar-refractivity contribution in [3.63, 3.8) is 0 Å². The Labute approximate surface area is 289 Å². The van der Waals surface area contributed by atoms with Crippen molar-refractivity contribution in [1.82, 2.24) is 0 Å². The van der Waals surface area contributed by atoms with E-state index < -0.39 is 62.6 Å². The van der Waals surface area contributed by atoms with Gasteiger partial charge >= 0.3 is 0 Å². The molecule has 50 heavy (non-hydrogen) atoms. The second-order valence-corrected chi connectivity index (χ2v) is 13.7. The van der Waals surface area contributed by atoms with Gasteiger partial charge in [-0.2, -0.15) is 16.8 Å². The third kappa shape index (κ3) is 8.14. The molecule has 0 saturated carbocycles. The third-order valence-corrected chi connectivity index (χ3v) is 9.92. The minimum Gasteiger partial charge on any atom is -0.372 e. The summed E-state index contributed by atoms with van der Waals surface area (Å²) in [6, 6.07) is 11.3. The second kappa shape index (κ2) is 15.1. The van der Waals surface area contributed by atoms with Crippen molar-refractivity contribution >= 4 is 60.0 Å². The zero-order valence-electron chi connectivity index (χ0n) is 27.6. The summed E-state index contributed by atoms with van der Waals surface area (Å²) >= 11 is 0. The molecule has 3 N–H and O–H groups in total. The van der Waals surface area contributed by atoms with Crippen LogP contribution in [0.15, 0.2) is 94.3 Å². The lowest BCUT2D eigenvalue weighted by Crippen LogP contribution is -2.21. The van der Waals surface area contributed by atoms with E-state index in [1.54, 1.807) is 24.3 Å². The maximum atomic E-state index is 12.9. The van der Waals surface area contributed by atoms with E-state index in [0.29, 0.717) is 49.4 Å². The third-order valence-electron chi connectivity index (χ3n) is 8.13. The zero-order chi connectivity index (χ0) is 37.0. The molecule has 3 aromatic carbocycles. The maximum Gasteiger partial charge on any atom is 0.299 e. The van der Waals surface area contributed by atoms with Gasteiger partial charge in [0.05, 0.1) is 21.6 Å². The van der Waals surface area contributed by atoms with Gasteiger partial charge < -0.3 is 10.2 Å². The van der Waals surface area contributed by atoms with Gasteiger partial charge in [-0.1, -0.05) is 12.1 Å². The fourth-order valence-corrected chi connectivity index (χ4v) is 7.08. The van der Waals surface area contributed by atoms with Gasteiger partial charge in [0.2, 0.25) is 0 Å². The van der Waals surface area contributed by atoms with Gasteiger partial charge in [-0.15, -0.1) is 0 Å². The lowest BCUT2D eigenvalue weighted by Gasteiger charge is -2.23. The molecule has 264 valence electrons. The highest BCUT2D eigenvalue weighted by Crippen LogP contribution is 2.41. The standard InChI is InChI=1S/C33H35N5O10S2/c1-5-35(6-2)24-13-9-22(10-14-24)33(23-11-15-25(16-12-23)36(7-3)8-4)27-20-29(32(50(46,47)48)21-31(27)49(43,44)45)34-28-18-17-26(37(39)40)19-30(28)38(41)42/h9-21,34H,5-8H2,1-4H3,(H-,43,44,45,46,47,48)/p+1. The Morgan fingerprint density at radius 3 is 1.80 bits per heavy atom. The van der Waals surface area contributed by atoms with Gasteiger partial charge in [0.25, 0.3) is 31.6 Å². The van der Waals surface area contributed by atoms with Crippen molar-refractivity contribution in [3.8, 4) is 0 Å². The van der Waals surface area contributed by atoms with E-state index in [1.165, 1.54) is 0 Å². The van der Waals surface area contributed by atoms with E-state index >= 15 is 0 Å². The van der Waals surface area contributed by atoms with Crippen molar-refractivity contribution in [2.45, 2.75) is 37.5 Å². The number of hydrogen-bond donors (Lipinski definition) is 3. The Balaban J connectivity index is 2.11.